The van der Waals surface area contributed by atoms with Gasteiger partial charge >= 0.3 is 0 Å². The third-order valence-corrected chi connectivity index (χ3v) is 2.93. The highest BCUT2D eigenvalue weighted by molar-refractivity contribution is 5.25. The van der Waals surface area contributed by atoms with Crippen molar-refractivity contribution < 1.29 is 4.74 Å². The molecule has 15 heavy (non-hydrogen) atoms. The molecule has 0 aromatic carbocycles. The molecule has 1 aromatic heterocycles. The highest BCUT2D eigenvalue weighted by atomic mass is 16.5. The van der Waals surface area contributed by atoms with Crippen molar-refractivity contribution in [2.24, 2.45) is 0 Å². The lowest BCUT2D eigenvalue weighted by atomic mass is 9.97. The molecular formula is C11H19N3O. The van der Waals surface area contributed by atoms with Crippen LogP contribution in [0.3, 0.4) is 0 Å². The molecule has 4 nitrogen and oxygen atoms in total. The normalized spacial score (nSPS) is 20.3. The number of nitrogens with zero attached hydrogens (tertiary/aromatic N) is 2. The molecule has 4 heteroatoms. The maximum Gasteiger partial charge on any atom is 0.0558 e. The molecule has 0 bridgehead atoms. The molecule has 2 heterocycles. The number of rotatable bonds is 4. The zero-order valence-corrected chi connectivity index (χ0v) is 9.49. The van der Waals surface area contributed by atoms with Gasteiger partial charge in [0.25, 0.3) is 0 Å². The number of nitrogens with one attached hydrogen (secondary N) is 1. The SMILES string of the molecule is CCOC[C@H]1CNCc2c1cnn2CC. The first-order valence-corrected chi connectivity index (χ1v) is 5.69. The van der Waals surface area contributed by atoms with Gasteiger partial charge in [-0.3, -0.25) is 4.68 Å². The summed E-state index contributed by atoms with van der Waals surface area (Å²) in [4.78, 5) is 0. The molecule has 0 saturated heterocycles. The number of aromatic nitrogens is 2. The van der Waals surface area contributed by atoms with E-state index in [0.29, 0.717) is 5.92 Å². The topological polar surface area (TPSA) is 39.1 Å². The summed E-state index contributed by atoms with van der Waals surface area (Å²) in [6.07, 6.45) is 2.00. The second kappa shape index (κ2) is 4.77. The van der Waals surface area contributed by atoms with Gasteiger partial charge in [-0.05, 0) is 13.8 Å². The molecule has 1 atom stereocenters. The van der Waals surface area contributed by atoms with Gasteiger partial charge < -0.3 is 10.1 Å². The van der Waals surface area contributed by atoms with Crippen LogP contribution in [0, 0.1) is 0 Å². The van der Waals surface area contributed by atoms with Crippen LogP contribution in [0.2, 0.25) is 0 Å². The Balaban J connectivity index is 2.15. The Morgan fingerprint density at radius 3 is 3.20 bits per heavy atom. The van der Waals surface area contributed by atoms with E-state index in [2.05, 4.69) is 22.0 Å². The van der Waals surface area contributed by atoms with Crippen molar-refractivity contribution in [1.82, 2.24) is 15.1 Å². The molecule has 1 N–H and O–H groups in total. The molecule has 0 spiro atoms. The zero-order chi connectivity index (χ0) is 10.7. The Morgan fingerprint density at radius 2 is 2.47 bits per heavy atom. The van der Waals surface area contributed by atoms with Gasteiger partial charge in [0.2, 0.25) is 0 Å². The van der Waals surface area contributed by atoms with Gasteiger partial charge in [0.15, 0.2) is 0 Å². The average molecular weight is 209 g/mol. The largest absolute Gasteiger partial charge is 0.381 e. The molecule has 1 aliphatic rings. The molecule has 0 aliphatic carbocycles. The van der Waals surface area contributed by atoms with E-state index in [-0.39, 0.29) is 0 Å². The summed E-state index contributed by atoms with van der Waals surface area (Å²) in [5.41, 5.74) is 2.69. The second-order valence-electron chi connectivity index (χ2n) is 3.85. The van der Waals surface area contributed by atoms with E-state index >= 15 is 0 Å². The van der Waals surface area contributed by atoms with Crippen LogP contribution in [0.4, 0.5) is 0 Å². The van der Waals surface area contributed by atoms with E-state index in [4.69, 9.17) is 4.74 Å². The van der Waals surface area contributed by atoms with Crippen molar-refractivity contribution in [3.05, 3.63) is 17.5 Å². The predicted molar refractivity (Wildman–Crippen MR) is 58.8 cm³/mol. The summed E-state index contributed by atoms with van der Waals surface area (Å²) in [6, 6.07) is 0. The summed E-state index contributed by atoms with van der Waals surface area (Å²) >= 11 is 0. The number of hydrogen-bond acceptors (Lipinski definition) is 3. The molecule has 0 amide bonds. The Hall–Kier alpha value is -0.870. The zero-order valence-electron chi connectivity index (χ0n) is 9.49. The minimum absolute atomic E-state index is 0.467. The van der Waals surface area contributed by atoms with Gasteiger partial charge in [0, 0.05) is 37.7 Å². The first-order valence-electron chi connectivity index (χ1n) is 5.69. The third-order valence-electron chi connectivity index (χ3n) is 2.93. The monoisotopic (exact) mass is 209 g/mol. The van der Waals surface area contributed by atoms with E-state index in [1.807, 2.05) is 13.1 Å². The van der Waals surface area contributed by atoms with Crippen LogP contribution in [-0.4, -0.2) is 29.5 Å². The van der Waals surface area contributed by atoms with Gasteiger partial charge in [-0.25, -0.2) is 0 Å². The Bertz CT molecular complexity index is 322. The average Bonchev–Trinajstić information content (AvgIpc) is 2.69. The Morgan fingerprint density at radius 1 is 1.60 bits per heavy atom. The van der Waals surface area contributed by atoms with Crippen molar-refractivity contribution in [3.8, 4) is 0 Å². The van der Waals surface area contributed by atoms with Crippen molar-refractivity contribution in [3.63, 3.8) is 0 Å². The molecule has 0 fully saturated rings. The summed E-state index contributed by atoms with van der Waals surface area (Å²) in [6.45, 7) is 8.62. The van der Waals surface area contributed by atoms with Gasteiger partial charge in [-0.2, -0.15) is 5.10 Å². The lowest BCUT2D eigenvalue weighted by molar-refractivity contribution is 0.129. The van der Waals surface area contributed by atoms with Crippen molar-refractivity contribution in [1.29, 1.82) is 0 Å². The first kappa shape index (κ1) is 10.6. The van der Waals surface area contributed by atoms with E-state index in [0.717, 1.165) is 32.8 Å². The maximum absolute atomic E-state index is 5.50. The Labute approximate surface area is 90.6 Å². The van der Waals surface area contributed by atoms with Gasteiger partial charge in [0.1, 0.15) is 0 Å². The molecule has 84 valence electrons. The number of fused-ring (bicyclic) bond motifs is 1. The number of aryl methyl sites for hydroxylation is 1. The molecule has 0 unspecified atom stereocenters. The van der Waals surface area contributed by atoms with Crippen LogP contribution in [0.5, 0.6) is 0 Å². The van der Waals surface area contributed by atoms with E-state index in [9.17, 15) is 0 Å². The predicted octanol–water partition coefficient (Wildman–Crippen LogP) is 1.13. The molecule has 1 aliphatic heterocycles. The molecule has 0 radical (unpaired) electrons. The smallest absolute Gasteiger partial charge is 0.0558 e. The van der Waals surface area contributed by atoms with Crippen LogP contribution in [0.25, 0.3) is 0 Å². The molecule has 1 aromatic rings. The molecule has 0 saturated carbocycles. The van der Waals surface area contributed by atoms with Crippen molar-refractivity contribution >= 4 is 0 Å². The maximum atomic E-state index is 5.50. The minimum Gasteiger partial charge on any atom is -0.381 e. The standard InChI is InChI=1S/C11H19N3O/c1-3-14-11-7-12-5-9(8-15-4-2)10(11)6-13-14/h6,9,12H,3-5,7-8H2,1-2H3/t9-/m1/s1. The van der Waals surface area contributed by atoms with Crippen LogP contribution < -0.4 is 5.32 Å². The van der Waals surface area contributed by atoms with E-state index in [1.165, 1.54) is 11.3 Å². The fourth-order valence-corrected chi connectivity index (χ4v) is 2.12. The summed E-state index contributed by atoms with van der Waals surface area (Å²) in [5, 5.41) is 7.82. The summed E-state index contributed by atoms with van der Waals surface area (Å²) < 4.78 is 7.57. The van der Waals surface area contributed by atoms with Crippen LogP contribution in [-0.2, 0) is 17.8 Å². The van der Waals surface area contributed by atoms with E-state index < -0.39 is 0 Å². The molecular weight excluding hydrogens is 190 g/mol. The van der Waals surface area contributed by atoms with E-state index in [1.54, 1.807) is 0 Å². The summed E-state index contributed by atoms with van der Waals surface area (Å²) in [5.74, 6) is 0.467. The fourth-order valence-electron chi connectivity index (χ4n) is 2.12. The second-order valence-corrected chi connectivity index (χ2v) is 3.85. The first-order chi connectivity index (χ1) is 7.36. The van der Waals surface area contributed by atoms with Gasteiger partial charge in [-0.15, -0.1) is 0 Å². The molecule has 2 rings (SSSR count). The fraction of sp³-hybridized carbons (Fsp3) is 0.727. The van der Waals surface area contributed by atoms with Gasteiger partial charge in [-0.1, -0.05) is 0 Å². The number of ether oxygens (including phenoxy) is 1. The lowest BCUT2D eigenvalue weighted by Gasteiger charge is -2.23. The highest BCUT2D eigenvalue weighted by Gasteiger charge is 2.23. The Kier molecular flexibility index (Phi) is 3.38. The third kappa shape index (κ3) is 2.06. The van der Waals surface area contributed by atoms with Crippen molar-refractivity contribution in [2.45, 2.75) is 32.9 Å². The van der Waals surface area contributed by atoms with Crippen molar-refractivity contribution in [2.75, 3.05) is 19.8 Å². The lowest BCUT2D eigenvalue weighted by Crippen LogP contribution is -2.31. The number of hydrogen-bond donors (Lipinski definition) is 1. The quantitative estimate of drug-likeness (QED) is 0.808. The van der Waals surface area contributed by atoms with Crippen LogP contribution in [0.15, 0.2) is 6.20 Å². The minimum atomic E-state index is 0.467. The highest BCUT2D eigenvalue weighted by Crippen LogP contribution is 2.23. The van der Waals surface area contributed by atoms with Gasteiger partial charge in [0.05, 0.1) is 18.5 Å². The summed E-state index contributed by atoms with van der Waals surface area (Å²) in [7, 11) is 0. The van der Waals surface area contributed by atoms with Crippen LogP contribution >= 0.6 is 0 Å². The van der Waals surface area contributed by atoms with Crippen LogP contribution in [0.1, 0.15) is 31.0 Å².